The Kier molecular flexibility index (Phi) is 3.90. The van der Waals surface area contributed by atoms with Gasteiger partial charge in [-0.15, -0.1) is 0 Å². The van der Waals surface area contributed by atoms with E-state index >= 15 is 0 Å². The Morgan fingerprint density at radius 1 is 1.22 bits per heavy atom. The number of aromatic nitrogens is 2. The third-order valence-corrected chi connectivity index (χ3v) is 4.18. The molecule has 2 aromatic rings. The van der Waals surface area contributed by atoms with Crippen LogP contribution in [0.25, 0.3) is 5.69 Å². The minimum atomic E-state index is -0.953. The molecule has 0 bridgehead atoms. The molecule has 120 valence electrons. The highest BCUT2D eigenvalue weighted by Crippen LogP contribution is 2.21. The summed E-state index contributed by atoms with van der Waals surface area (Å²) in [7, 11) is 0. The summed E-state index contributed by atoms with van der Waals surface area (Å²) >= 11 is 0. The maximum absolute atomic E-state index is 12.6. The molecule has 1 saturated heterocycles. The quantitative estimate of drug-likeness (QED) is 0.942. The van der Waals surface area contributed by atoms with Gasteiger partial charge in [0, 0.05) is 12.2 Å². The zero-order chi connectivity index (χ0) is 16.6. The fraction of sp³-hybridized carbons (Fsp3) is 0.353. The van der Waals surface area contributed by atoms with Crippen molar-refractivity contribution in [2.24, 2.45) is 0 Å². The van der Waals surface area contributed by atoms with Gasteiger partial charge in [-0.25, -0.2) is 9.48 Å². The molecule has 1 amide bonds. The summed E-state index contributed by atoms with van der Waals surface area (Å²) in [5.74, 6) is -1.27. The molecule has 0 radical (unpaired) electrons. The van der Waals surface area contributed by atoms with E-state index in [4.69, 9.17) is 0 Å². The predicted octanol–water partition coefficient (Wildman–Crippen LogP) is 2.18. The maximum Gasteiger partial charge on any atom is 0.326 e. The largest absolute Gasteiger partial charge is 0.480 e. The van der Waals surface area contributed by atoms with Gasteiger partial charge in [0.25, 0.3) is 5.91 Å². The first-order valence-electron chi connectivity index (χ1n) is 7.65. The first kappa shape index (κ1) is 15.3. The SMILES string of the molecule is Cc1ccc(-n2nc(C(=O)N3CCCC3C(=O)O)cc2C)cc1. The molecule has 1 aromatic carbocycles. The number of hydrogen-bond donors (Lipinski definition) is 1. The van der Waals surface area contributed by atoms with E-state index in [1.54, 1.807) is 10.7 Å². The number of hydrogen-bond acceptors (Lipinski definition) is 3. The van der Waals surface area contributed by atoms with Gasteiger partial charge in [-0.2, -0.15) is 5.10 Å². The van der Waals surface area contributed by atoms with Gasteiger partial charge >= 0.3 is 5.97 Å². The van der Waals surface area contributed by atoms with Crippen LogP contribution in [0.15, 0.2) is 30.3 Å². The lowest BCUT2D eigenvalue weighted by Gasteiger charge is -2.20. The number of benzene rings is 1. The molecule has 1 aromatic heterocycles. The average Bonchev–Trinajstić information content (AvgIpc) is 3.14. The second-order valence-electron chi connectivity index (χ2n) is 5.91. The van der Waals surface area contributed by atoms with Gasteiger partial charge in [0.15, 0.2) is 5.69 Å². The monoisotopic (exact) mass is 313 g/mol. The van der Waals surface area contributed by atoms with Crippen molar-refractivity contribution in [3.63, 3.8) is 0 Å². The van der Waals surface area contributed by atoms with Crippen LogP contribution < -0.4 is 0 Å². The second kappa shape index (κ2) is 5.87. The van der Waals surface area contributed by atoms with Gasteiger partial charge in [0.05, 0.1) is 5.69 Å². The summed E-state index contributed by atoms with van der Waals surface area (Å²) in [6.45, 7) is 4.35. The van der Waals surface area contributed by atoms with E-state index in [1.807, 2.05) is 38.1 Å². The Bertz CT molecular complexity index is 749. The van der Waals surface area contributed by atoms with Crippen molar-refractivity contribution in [3.8, 4) is 5.69 Å². The van der Waals surface area contributed by atoms with Crippen LogP contribution in [0.5, 0.6) is 0 Å². The lowest BCUT2D eigenvalue weighted by molar-refractivity contribution is -0.141. The van der Waals surface area contributed by atoms with Crippen molar-refractivity contribution in [1.29, 1.82) is 0 Å². The molecule has 6 nitrogen and oxygen atoms in total. The third-order valence-electron chi connectivity index (χ3n) is 4.18. The minimum absolute atomic E-state index is 0.288. The normalized spacial score (nSPS) is 17.5. The van der Waals surface area contributed by atoms with E-state index in [2.05, 4.69) is 5.10 Å². The summed E-state index contributed by atoms with van der Waals surface area (Å²) < 4.78 is 1.71. The molecule has 1 aliphatic heterocycles. The maximum atomic E-state index is 12.6. The highest BCUT2D eigenvalue weighted by molar-refractivity contribution is 5.95. The van der Waals surface area contributed by atoms with E-state index in [0.29, 0.717) is 19.4 Å². The Balaban J connectivity index is 1.90. The predicted molar refractivity (Wildman–Crippen MR) is 84.7 cm³/mol. The van der Waals surface area contributed by atoms with Crippen molar-refractivity contribution >= 4 is 11.9 Å². The summed E-state index contributed by atoms with van der Waals surface area (Å²) in [6.07, 6.45) is 1.21. The van der Waals surface area contributed by atoms with Crippen molar-refractivity contribution in [1.82, 2.24) is 14.7 Å². The first-order valence-corrected chi connectivity index (χ1v) is 7.65. The fourth-order valence-corrected chi connectivity index (χ4v) is 2.94. The van der Waals surface area contributed by atoms with Crippen molar-refractivity contribution in [3.05, 3.63) is 47.3 Å². The van der Waals surface area contributed by atoms with Crippen molar-refractivity contribution < 1.29 is 14.7 Å². The van der Waals surface area contributed by atoms with E-state index in [0.717, 1.165) is 16.9 Å². The molecule has 1 fully saturated rings. The highest BCUT2D eigenvalue weighted by atomic mass is 16.4. The van der Waals surface area contributed by atoms with Crippen LogP contribution in [0, 0.1) is 13.8 Å². The molecule has 0 aliphatic carbocycles. The number of likely N-dealkylation sites (tertiary alicyclic amines) is 1. The van der Waals surface area contributed by atoms with E-state index < -0.39 is 12.0 Å². The van der Waals surface area contributed by atoms with Crippen LogP contribution in [-0.4, -0.2) is 44.3 Å². The molecule has 0 spiro atoms. The van der Waals surface area contributed by atoms with Crippen LogP contribution in [0.2, 0.25) is 0 Å². The minimum Gasteiger partial charge on any atom is -0.480 e. The lowest BCUT2D eigenvalue weighted by Crippen LogP contribution is -2.40. The number of aliphatic carboxylic acids is 1. The molecule has 6 heteroatoms. The van der Waals surface area contributed by atoms with Gasteiger partial charge in [-0.1, -0.05) is 17.7 Å². The lowest BCUT2D eigenvalue weighted by atomic mass is 10.2. The Morgan fingerprint density at radius 3 is 2.57 bits per heavy atom. The van der Waals surface area contributed by atoms with Crippen molar-refractivity contribution in [2.75, 3.05) is 6.54 Å². The van der Waals surface area contributed by atoms with Gasteiger partial charge < -0.3 is 10.0 Å². The number of carbonyl (C=O) groups excluding carboxylic acids is 1. The van der Waals surface area contributed by atoms with E-state index in [9.17, 15) is 14.7 Å². The first-order chi connectivity index (χ1) is 11.0. The van der Waals surface area contributed by atoms with Gasteiger partial charge in [0.1, 0.15) is 6.04 Å². The summed E-state index contributed by atoms with van der Waals surface area (Å²) in [5, 5.41) is 13.6. The Morgan fingerprint density at radius 2 is 1.91 bits per heavy atom. The molecule has 0 saturated carbocycles. The number of aryl methyl sites for hydroxylation is 2. The summed E-state index contributed by atoms with van der Waals surface area (Å²) in [4.78, 5) is 25.3. The van der Waals surface area contributed by atoms with Gasteiger partial charge in [-0.3, -0.25) is 4.79 Å². The van der Waals surface area contributed by atoms with Crippen LogP contribution in [0.4, 0.5) is 0 Å². The second-order valence-corrected chi connectivity index (χ2v) is 5.91. The number of rotatable bonds is 3. The molecule has 2 heterocycles. The number of amides is 1. The molecule has 1 unspecified atom stereocenters. The zero-order valence-corrected chi connectivity index (χ0v) is 13.2. The molecule has 3 rings (SSSR count). The summed E-state index contributed by atoms with van der Waals surface area (Å²) in [6, 6.07) is 8.82. The average molecular weight is 313 g/mol. The van der Waals surface area contributed by atoms with E-state index in [-0.39, 0.29) is 11.6 Å². The van der Waals surface area contributed by atoms with Crippen LogP contribution in [-0.2, 0) is 4.79 Å². The number of carbonyl (C=O) groups is 2. The molecule has 1 N–H and O–H groups in total. The van der Waals surface area contributed by atoms with Crippen molar-refractivity contribution in [2.45, 2.75) is 32.7 Å². The Labute approximate surface area is 134 Å². The fourth-order valence-electron chi connectivity index (χ4n) is 2.94. The standard InChI is InChI=1S/C17H19N3O3/c1-11-5-7-13(8-6-11)20-12(2)10-14(18-20)16(21)19-9-3-4-15(19)17(22)23/h5-8,10,15H,3-4,9H2,1-2H3,(H,22,23). The molecule has 1 atom stereocenters. The highest BCUT2D eigenvalue weighted by Gasteiger charge is 2.35. The topological polar surface area (TPSA) is 75.4 Å². The third kappa shape index (κ3) is 2.84. The van der Waals surface area contributed by atoms with Crippen LogP contribution in [0.3, 0.4) is 0 Å². The van der Waals surface area contributed by atoms with E-state index in [1.165, 1.54) is 4.90 Å². The molecule has 1 aliphatic rings. The number of carboxylic acid groups (broad SMARTS) is 1. The Hall–Kier alpha value is -2.63. The molecule has 23 heavy (non-hydrogen) atoms. The molecular formula is C17H19N3O3. The van der Waals surface area contributed by atoms with Crippen LogP contribution in [0.1, 0.15) is 34.6 Å². The zero-order valence-electron chi connectivity index (χ0n) is 13.2. The summed E-state index contributed by atoms with van der Waals surface area (Å²) in [5.41, 5.74) is 3.15. The smallest absolute Gasteiger partial charge is 0.326 e. The number of carboxylic acids is 1. The van der Waals surface area contributed by atoms with Gasteiger partial charge in [0.2, 0.25) is 0 Å². The number of nitrogens with zero attached hydrogens (tertiary/aromatic N) is 3. The van der Waals surface area contributed by atoms with Crippen LogP contribution >= 0.6 is 0 Å². The molecular weight excluding hydrogens is 294 g/mol. The van der Waals surface area contributed by atoms with Gasteiger partial charge in [-0.05, 0) is 44.9 Å².